The Labute approximate surface area is 105 Å². The molecule has 0 aliphatic rings. The Morgan fingerprint density at radius 1 is 1.39 bits per heavy atom. The van der Waals surface area contributed by atoms with Crippen LogP contribution in [0.15, 0.2) is 35.1 Å². The van der Waals surface area contributed by atoms with Gasteiger partial charge in [0.25, 0.3) is 5.56 Å². The highest BCUT2D eigenvalue weighted by molar-refractivity contribution is 5.41. The van der Waals surface area contributed by atoms with E-state index < -0.39 is 0 Å². The van der Waals surface area contributed by atoms with Crippen LogP contribution < -0.4 is 16.6 Å². The number of anilines is 2. The summed E-state index contributed by atoms with van der Waals surface area (Å²) in [6, 6.07) is 9.21. The fourth-order valence-corrected chi connectivity index (χ4v) is 1.75. The highest BCUT2D eigenvalue weighted by Crippen LogP contribution is 2.07. The minimum absolute atomic E-state index is 0.144. The first-order chi connectivity index (χ1) is 8.63. The quantitative estimate of drug-likeness (QED) is 0.708. The molecule has 0 spiro atoms. The van der Waals surface area contributed by atoms with Crippen LogP contribution in [0.3, 0.4) is 0 Å². The average Bonchev–Trinajstić information content (AvgIpc) is 2.27. The summed E-state index contributed by atoms with van der Waals surface area (Å²) < 4.78 is 0. The van der Waals surface area contributed by atoms with Crippen molar-refractivity contribution in [2.24, 2.45) is 0 Å². The molecule has 0 radical (unpaired) electrons. The SMILES string of the molecule is Cc1nc(NCCc2cccc(N)c2)cc(=O)[nH]1. The van der Waals surface area contributed by atoms with E-state index in [4.69, 9.17) is 5.73 Å². The first-order valence-corrected chi connectivity index (χ1v) is 5.80. The van der Waals surface area contributed by atoms with Crippen molar-refractivity contribution in [2.75, 3.05) is 17.6 Å². The van der Waals surface area contributed by atoms with Crippen LogP contribution in [0.5, 0.6) is 0 Å². The minimum Gasteiger partial charge on any atom is -0.399 e. The number of rotatable bonds is 4. The topological polar surface area (TPSA) is 83.8 Å². The molecule has 0 fully saturated rings. The maximum absolute atomic E-state index is 11.2. The van der Waals surface area contributed by atoms with Gasteiger partial charge in [-0.25, -0.2) is 4.98 Å². The van der Waals surface area contributed by atoms with E-state index in [0.29, 0.717) is 18.2 Å². The number of H-pyrrole nitrogens is 1. The third kappa shape index (κ3) is 3.35. The highest BCUT2D eigenvalue weighted by atomic mass is 16.1. The van der Waals surface area contributed by atoms with Crippen LogP contribution in [-0.4, -0.2) is 16.5 Å². The summed E-state index contributed by atoms with van der Waals surface area (Å²) in [5, 5.41) is 3.12. The van der Waals surface area contributed by atoms with Gasteiger partial charge < -0.3 is 16.0 Å². The lowest BCUT2D eigenvalue weighted by molar-refractivity contribution is 0.969. The van der Waals surface area contributed by atoms with Gasteiger partial charge in [-0.1, -0.05) is 12.1 Å². The van der Waals surface area contributed by atoms with Crippen LogP contribution in [0.25, 0.3) is 0 Å². The van der Waals surface area contributed by atoms with Crippen molar-refractivity contribution in [3.8, 4) is 0 Å². The molecule has 0 amide bonds. The number of nitrogens with two attached hydrogens (primary N) is 1. The number of benzene rings is 1. The first-order valence-electron chi connectivity index (χ1n) is 5.80. The second-order valence-corrected chi connectivity index (χ2v) is 4.14. The molecule has 0 unspecified atom stereocenters. The molecule has 0 saturated heterocycles. The Morgan fingerprint density at radius 3 is 2.94 bits per heavy atom. The molecule has 0 saturated carbocycles. The standard InChI is InChI=1S/C13H16N4O/c1-9-16-12(8-13(18)17-9)15-6-5-10-3-2-4-11(14)7-10/h2-4,7-8H,5-6,14H2,1H3,(H2,15,16,17,18). The van der Waals surface area contributed by atoms with Gasteiger partial charge in [0, 0.05) is 18.3 Å². The maximum atomic E-state index is 11.2. The van der Waals surface area contributed by atoms with E-state index in [9.17, 15) is 4.79 Å². The van der Waals surface area contributed by atoms with Gasteiger partial charge in [0.1, 0.15) is 11.6 Å². The molecular formula is C13H16N4O. The fraction of sp³-hybridized carbons (Fsp3) is 0.231. The van der Waals surface area contributed by atoms with Crippen molar-refractivity contribution in [2.45, 2.75) is 13.3 Å². The molecule has 0 atom stereocenters. The second kappa shape index (κ2) is 5.35. The molecular weight excluding hydrogens is 228 g/mol. The third-order valence-corrected chi connectivity index (χ3v) is 2.53. The number of hydrogen-bond acceptors (Lipinski definition) is 4. The van der Waals surface area contributed by atoms with Crippen molar-refractivity contribution in [1.82, 2.24) is 9.97 Å². The number of nitrogen functional groups attached to an aromatic ring is 1. The van der Waals surface area contributed by atoms with Crippen LogP contribution in [0.4, 0.5) is 11.5 Å². The molecule has 94 valence electrons. The van der Waals surface area contributed by atoms with Gasteiger partial charge in [0.05, 0.1) is 0 Å². The van der Waals surface area contributed by atoms with Gasteiger partial charge in [-0.05, 0) is 31.0 Å². The lowest BCUT2D eigenvalue weighted by atomic mass is 10.1. The van der Waals surface area contributed by atoms with Crippen molar-refractivity contribution in [3.05, 3.63) is 52.1 Å². The summed E-state index contributed by atoms with van der Waals surface area (Å²) in [5.74, 6) is 1.20. The molecule has 2 rings (SSSR count). The van der Waals surface area contributed by atoms with Crippen LogP contribution in [0.1, 0.15) is 11.4 Å². The highest BCUT2D eigenvalue weighted by Gasteiger charge is 1.98. The minimum atomic E-state index is -0.144. The molecule has 1 aromatic heterocycles. The van der Waals surface area contributed by atoms with Gasteiger partial charge >= 0.3 is 0 Å². The van der Waals surface area contributed by atoms with Crippen LogP contribution in [0.2, 0.25) is 0 Å². The van der Waals surface area contributed by atoms with E-state index in [1.54, 1.807) is 6.92 Å². The van der Waals surface area contributed by atoms with Gasteiger partial charge in [0.2, 0.25) is 0 Å². The molecule has 0 bridgehead atoms. The summed E-state index contributed by atoms with van der Waals surface area (Å²) in [6.45, 7) is 2.46. The first kappa shape index (κ1) is 12.2. The normalized spacial score (nSPS) is 10.3. The number of aryl methyl sites for hydroxylation is 1. The molecule has 5 nitrogen and oxygen atoms in total. The summed E-state index contributed by atoms with van der Waals surface area (Å²) in [4.78, 5) is 18.0. The second-order valence-electron chi connectivity index (χ2n) is 4.14. The van der Waals surface area contributed by atoms with Crippen LogP contribution >= 0.6 is 0 Å². The summed E-state index contributed by atoms with van der Waals surface area (Å²) >= 11 is 0. The molecule has 0 aliphatic heterocycles. The van der Waals surface area contributed by atoms with Crippen molar-refractivity contribution in [3.63, 3.8) is 0 Å². The average molecular weight is 244 g/mol. The molecule has 1 aromatic carbocycles. The number of nitrogens with one attached hydrogen (secondary N) is 2. The molecule has 4 N–H and O–H groups in total. The van der Waals surface area contributed by atoms with Crippen molar-refractivity contribution < 1.29 is 0 Å². The Bertz CT molecular complexity index is 592. The number of aromatic nitrogens is 2. The number of aromatic amines is 1. The van der Waals surface area contributed by atoms with E-state index in [2.05, 4.69) is 15.3 Å². The summed E-state index contributed by atoms with van der Waals surface area (Å²) in [7, 11) is 0. The van der Waals surface area contributed by atoms with E-state index in [1.165, 1.54) is 6.07 Å². The van der Waals surface area contributed by atoms with Crippen LogP contribution in [-0.2, 0) is 6.42 Å². The monoisotopic (exact) mass is 244 g/mol. The number of nitrogens with zero attached hydrogens (tertiary/aromatic N) is 1. The van der Waals surface area contributed by atoms with Crippen molar-refractivity contribution in [1.29, 1.82) is 0 Å². The smallest absolute Gasteiger partial charge is 0.252 e. The molecule has 2 aromatic rings. The zero-order valence-electron chi connectivity index (χ0n) is 10.2. The Morgan fingerprint density at radius 2 is 2.22 bits per heavy atom. The lowest BCUT2D eigenvalue weighted by Crippen LogP contribution is -2.13. The Kier molecular flexibility index (Phi) is 3.62. The Balaban J connectivity index is 1.94. The lowest BCUT2D eigenvalue weighted by Gasteiger charge is -2.06. The zero-order chi connectivity index (χ0) is 13.0. The number of hydrogen-bond donors (Lipinski definition) is 3. The Hall–Kier alpha value is -2.30. The molecule has 5 heteroatoms. The van der Waals surface area contributed by atoms with Crippen LogP contribution in [0, 0.1) is 6.92 Å². The zero-order valence-corrected chi connectivity index (χ0v) is 10.2. The molecule has 0 aliphatic carbocycles. The van der Waals surface area contributed by atoms with E-state index in [0.717, 1.165) is 17.7 Å². The van der Waals surface area contributed by atoms with E-state index >= 15 is 0 Å². The molecule has 18 heavy (non-hydrogen) atoms. The molecule has 1 heterocycles. The predicted octanol–water partition coefficient (Wildman–Crippen LogP) is 1.32. The fourth-order valence-electron chi connectivity index (χ4n) is 1.75. The van der Waals surface area contributed by atoms with E-state index in [1.807, 2.05) is 24.3 Å². The van der Waals surface area contributed by atoms with Crippen molar-refractivity contribution >= 4 is 11.5 Å². The largest absolute Gasteiger partial charge is 0.399 e. The maximum Gasteiger partial charge on any atom is 0.252 e. The predicted molar refractivity (Wildman–Crippen MR) is 72.6 cm³/mol. The van der Waals surface area contributed by atoms with Gasteiger partial charge in [0.15, 0.2) is 0 Å². The van der Waals surface area contributed by atoms with Gasteiger partial charge in [-0.15, -0.1) is 0 Å². The van der Waals surface area contributed by atoms with Gasteiger partial charge in [-0.3, -0.25) is 4.79 Å². The summed E-state index contributed by atoms with van der Waals surface area (Å²) in [5.41, 5.74) is 7.48. The van der Waals surface area contributed by atoms with E-state index in [-0.39, 0.29) is 5.56 Å². The van der Waals surface area contributed by atoms with Gasteiger partial charge in [-0.2, -0.15) is 0 Å². The third-order valence-electron chi connectivity index (χ3n) is 2.53. The summed E-state index contributed by atoms with van der Waals surface area (Å²) in [6.07, 6.45) is 0.832.